The van der Waals surface area contributed by atoms with Crippen LogP contribution < -0.4 is 0 Å². The van der Waals surface area contributed by atoms with Gasteiger partial charge < -0.3 is 9.52 Å². The highest BCUT2D eigenvalue weighted by Gasteiger charge is 2.10. The Morgan fingerprint density at radius 2 is 2.46 bits per heavy atom. The van der Waals surface area contributed by atoms with E-state index in [4.69, 9.17) is 9.52 Å². The Morgan fingerprint density at radius 1 is 1.62 bits per heavy atom. The number of hydrogen-bond donors (Lipinski definition) is 1. The molecule has 6 nitrogen and oxygen atoms in total. The summed E-state index contributed by atoms with van der Waals surface area (Å²) in [5.41, 5.74) is -0.122. The Morgan fingerprint density at radius 3 is 3.00 bits per heavy atom. The van der Waals surface area contributed by atoms with Gasteiger partial charge in [-0.25, -0.2) is 9.78 Å². The SMILES string of the molecule is O=C(O)c1coc(-n2ccnc2)n1. The van der Waals surface area contributed by atoms with Gasteiger partial charge in [0.2, 0.25) is 0 Å². The highest BCUT2D eigenvalue weighted by molar-refractivity contribution is 5.84. The Bertz CT molecular complexity index is 418. The number of carboxylic acids is 1. The van der Waals surface area contributed by atoms with Crippen molar-refractivity contribution in [3.8, 4) is 6.01 Å². The molecule has 0 aromatic carbocycles. The van der Waals surface area contributed by atoms with E-state index in [9.17, 15) is 4.79 Å². The van der Waals surface area contributed by atoms with Gasteiger partial charge in [-0.15, -0.1) is 0 Å². The lowest BCUT2D eigenvalue weighted by molar-refractivity contribution is 0.0690. The molecule has 2 heterocycles. The molecule has 1 N–H and O–H groups in total. The molecule has 0 amide bonds. The number of carbonyl (C=O) groups is 1. The van der Waals surface area contributed by atoms with Gasteiger partial charge in [0, 0.05) is 12.4 Å². The summed E-state index contributed by atoms with van der Waals surface area (Å²) < 4.78 is 6.38. The minimum Gasteiger partial charge on any atom is -0.476 e. The third-order valence-corrected chi connectivity index (χ3v) is 1.44. The highest BCUT2D eigenvalue weighted by atomic mass is 16.4. The molecule has 6 heteroatoms. The molecule has 0 saturated heterocycles. The topological polar surface area (TPSA) is 81.1 Å². The fourth-order valence-corrected chi connectivity index (χ4v) is 0.853. The van der Waals surface area contributed by atoms with Gasteiger partial charge in [0.25, 0.3) is 0 Å². The average molecular weight is 179 g/mol. The zero-order chi connectivity index (χ0) is 9.26. The van der Waals surface area contributed by atoms with Crippen LogP contribution >= 0.6 is 0 Å². The molecule has 0 aliphatic heterocycles. The van der Waals surface area contributed by atoms with Crippen molar-refractivity contribution in [2.45, 2.75) is 0 Å². The van der Waals surface area contributed by atoms with Crippen LogP contribution in [-0.4, -0.2) is 25.6 Å². The highest BCUT2D eigenvalue weighted by Crippen LogP contribution is 2.06. The van der Waals surface area contributed by atoms with E-state index in [1.165, 1.54) is 10.9 Å². The number of rotatable bonds is 2. The Kier molecular flexibility index (Phi) is 1.59. The first-order chi connectivity index (χ1) is 6.27. The van der Waals surface area contributed by atoms with Gasteiger partial charge in [-0.2, -0.15) is 4.98 Å². The van der Waals surface area contributed by atoms with Crippen LogP contribution in [0.15, 0.2) is 29.4 Å². The molecule has 0 bridgehead atoms. The molecule has 2 aromatic heterocycles. The minimum absolute atomic E-state index is 0.122. The Balaban J connectivity index is 2.39. The molecule has 66 valence electrons. The maximum Gasteiger partial charge on any atom is 0.357 e. The van der Waals surface area contributed by atoms with Crippen LogP contribution in [0.4, 0.5) is 0 Å². The van der Waals surface area contributed by atoms with Crippen LogP contribution in [0.5, 0.6) is 0 Å². The van der Waals surface area contributed by atoms with E-state index in [2.05, 4.69) is 9.97 Å². The van der Waals surface area contributed by atoms with Crippen LogP contribution in [0, 0.1) is 0 Å². The molecule has 0 saturated carbocycles. The van der Waals surface area contributed by atoms with Crippen LogP contribution in [-0.2, 0) is 0 Å². The largest absolute Gasteiger partial charge is 0.476 e. The predicted molar refractivity (Wildman–Crippen MR) is 40.6 cm³/mol. The van der Waals surface area contributed by atoms with Crippen molar-refractivity contribution in [1.82, 2.24) is 14.5 Å². The van der Waals surface area contributed by atoms with Crippen LogP contribution in [0.2, 0.25) is 0 Å². The normalized spacial score (nSPS) is 10.2. The van der Waals surface area contributed by atoms with Crippen molar-refractivity contribution in [3.05, 3.63) is 30.7 Å². The maximum atomic E-state index is 10.4. The first-order valence-corrected chi connectivity index (χ1v) is 3.44. The molecule has 2 aromatic rings. The summed E-state index contributed by atoms with van der Waals surface area (Å²) in [5.74, 6) is -1.12. The van der Waals surface area contributed by atoms with E-state index in [-0.39, 0.29) is 11.7 Å². The fourth-order valence-electron chi connectivity index (χ4n) is 0.853. The summed E-state index contributed by atoms with van der Waals surface area (Å²) in [6.07, 6.45) is 5.71. The van der Waals surface area contributed by atoms with Crippen LogP contribution in [0.3, 0.4) is 0 Å². The monoisotopic (exact) mass is 179 g/mol. The first-order valence-electron chi connectivity index (χ1n) is 3.44. The lowest BCUT2D eigenvalue weighted by Gasteiger charge is -1.89. The zero-order valence-electron chi connectivity index (χ0n) is 6.41. The summed E-state index contributed by atoms with van der Waals surface area (Å²) in [6.45, 7) is 0. The maximum absolute atomic E-state index is 10.4. The third-order valence-electron chi connectivity index (χ3n) is 1.44. The van der Waals surface area contributed by atoms with Crippen molar-refractivity contribution < 1.29 is 14.3 Å². The number of nitrogens with zero attached hydrogens (tertiary/aromatic N) is 3. The van der Waals surface area contributed by atoms with E-state index in [0.717, 1.165) is 6.26 Å². The van der Waals surface area contributed by atoms with Gasteiger partial charge in [-0.1, -0.05) is 0 Å². The smallest absolute Gasteiger partial charge is 0.357 e. The molecule has 0 radical (unpaired) electrons. The van der Waals surface area contributed by atoms with Crippen LogP contribution in [0.25, 0.3) is 6.01 Å². The number of aromatic carboxylic acids is 1. The van der Waals surface area contributed by atoms with Gasteiger partial charge in [-0.05, 0) is 0 Å². The lowest BCUT2D eigenvalue weighted by atomic mass is 10.5. The minimum atomic E-state index is -1.12. The quantitative estimate of drug-likeness (QED) is 0.728. The van der Waals surface area contributed by atoms with Gasteiger partial charge in [0.1, 0.15) is 12.6 Å². The first kappa shape index (κ1) is 7.53. The number of imidazole rings is 1. The molecule has 0 atom stereocenters. The van der Waals surface area contributed by atoms with Crippen molar-refractivity contribution in [2.75, 3.05) is 0 Å². The number of carboxylic acid groups (broad SMARTS) is 1. The molecular formula is C7H5N3O3. The molecular weight excluding hydrogens is 174 g/mol. The number of aromatic nitrogens is 3. The van der Waals surface area contributed by atoms with Gasteiger partial charge >= 0.3 is 12.0 Å². The molecule has 0 aliphatic rings. The second kappa shape index (κ2) is 2.74. The van der Waals surface area contributed by atoms with Crippen molar-refractivity contribution in [2.24, 2.45) is 0 Å². The van der Waals surface area contributed by atoms with Crippen molar-refractivity contribution in [1.29, 1.82) is 0 Å². The summed E-state index contributed by atoms with van der Waals surface area (Å²) in [7, 11) is 0. The molecule has 0 unspecified atom stereocenters. The van der Waals surface area contributed by atoms with Crippen LogP contribution in [0.1, 0.15) is 10.5 Å². The van der Waals surface area contributed by atoms with Gasteiger partial charge in [-0.3, -0.25) is 4.57 Å². The van der Waals surface area contributed by atoms with Crippen molar-refractivity contribution >= 4 is 5.97 Å². The number of oxazole rings is 1. The zero-order valence-corrected chi connectivity index (χ0v) is 6.41. The third kappa shape index (κ3) is 1.28. The Labute approximate surface area is 72.5 Å². The molecule has 2 rings (SSSR count). The lowest BCUT2D eigenvalue weighted by Crippen LogP contribution is -1.97. The molecule has 0 spiro atoms. The summed E-state index contributed by atoms with van der Waals surface area (Å²) >= 11 is 0. The summed E-state index contributed by atoms with van der Waals surface area (Å²) in [5, 5.41) is 8.55. The van der Waals surface area contributed by atoms with E-state index < -0.39 is 5.97 Å². The Hall–Kier alpha value is -2.11. The van der Waals surface area contributed by atoms with Gasteiger partial charge in [0.05, 0.1) is 0 Å². The second-order valence-corrected chi connectivity index (χ2v) is 2.29. The summed E-state index contributed by atoms with van der Waals surface area (Å²) in [4.78, 5) is 17.9. The van der Waals surface area contributed by atoms with E-state index >= 15 is 0 Å². The predicted octanol–water partition coefficient (Wildman–Crippen LogP) is 0.558. The van der Waals surface area contributed by atoms with Gasteiger partial charge in [0.15, 0.2) is 5.69 Å². The fraction of sp³-hybridized carbons (Fsp3) is 0. The average Bonchev–Trinajstić information content (AvgIpc) is 2.75. The number of hydrogen-bond acceptors (Lipinski definition) is 4. The van der Waals surface area contributed by atoms with E-state index in [1.54, 1.807) is 12.4 Å². The van der Waals surface area contributed by atoms with E-state index in [1.807, 2.05) is 0 Å². The molecule has 13 heavy (non-hydrogen) atoms. The van der Waals surface area contributed by atoms with E-state index in [0.29, 0.717) is 0 Å². The second-order valence-electron chi connectivity index (χ2n) is 2.29. The standard InChI is InChI=1S/C7H5N3O3/c11-6(12)5-3-13-7(9-5)10-2-1-8-4-10/h1-4H,(H,11,12). The summed E-state index contributed by atoms with van der Waals surface area (Å²) in [6, 6.07) is 0.190. The molecule has 0 aliphatic carbocycles. The van der Waals surface area contributed by atoms with Crippen molar-refractivity contribution in [3.63, 3.8) is 0 Å². The molecule has 0 fully saturated rings.